The van der Waals surface area contributed by atoms with Gasteiger partial charge in [0.2, 0.25) is 0 Å². The molecule has 2 aliphatic heterocycles. The van der Waals surface area contributed by atoms with Gasteiger partial charge in [-0.2, -0.15) is 0 Å². The first-order valence-electron chi connectivity index (χ1n) is 7.03. The van der Waals surface area contributed by atoms with Gasteiger partial charge in [-0.25, -0.2) is 0 Å². The number of hydrogen-bond donors (Lipinski definition) is 0. The van der Waals surface area contributed by atoms with Crippen LogP contribution in [0.25, 0.3) is 0 Å². The van der Waals surface area contributed by atoms with Crippen LogP contribution in [0.2, 0.25) is 0 Å². The van der Waals surface area contributed by atoms with E-state index in [1.165, 1.54) is 25.1 Å². The van der Waals surface area contributed by atoms with Crippen LogP contribution in [0.1, 0.15) is 42.6 Å². The van der Waals surface area contributed by atoms with E-state index in [0.29, 0.717) is 0 Å². The molecule has 0 atom stereocenters. The van der Waals surface area contributed by atoms with Crippen LogP contribution in [0.3, 0.4) is 0 Å². The van der Waals surface area contributed by atoms with Gasteiger partial charge in [0, 0.05) is 25.9 Å². The van der Waals surface area contributed by atoms with Crippen LogP contribution in [-0.2, 0) is 25.9 Å². The molecule has 0 unspecified atom stereocenters. The molecule has 0 amide bonds. The number of fused-ring (bicyclic) bond motifs is 2. The van der Waals surface area contributed by atoms with E-state index < -0.39 is 0 Å². The predicted molar refractivity (Wildman–Crippen MR) is 70.8 cm³/mol. The van der Waals surface area contributed by atoms with Crippen molar-refractivity contribution < 1.29 is 0 Å². The molecule has 0 saturated heterocycles. The molecule has 0 aromatic carbocycles. The number of nitrogens with zero attached hydrogens (tertiary/aromatic N) is 6. The normalized spacial score (nSPS) is 16.5. The Bertz CT molecular complexity index is 568. The van der Waals surface area contributed by atoms with Crippen molar-refractivity contribution in [2.75, 3.05) is 0 Å². The molecule has 6 heteroatoms. The zero-order valence-electron chi connectivity index (χ0n) is 11.6. The number of hydrogen-bond acceptors (Lipinski definition) is 4. The summed E-state index contributed by atoms with van der Waals surface area (Å²) in [6.45, 7) is 6.26. The number of aryl methyl sites for hydroxylation is 4. The summed E-state index contributed by atoms with van der Waals surface area (Å²) in [6.07, 6.45) is 6.03. The third-order valence-electron chi connectivity index (χ3n) is 3.84. The minimum absolute atomic E-state index is 1.06. The lowest BCUT2D eigenvalue weighted by molar-refractivity contribution is 0.514. The van der Waals surface area contributed by atoms with Crippen molar-refractivity contribution >= 4 is 0 Å². The summed E-state index contributed by atoms with van der Waals surface area (Å²) in [6, 6.07) is 0. The summed E-state index contributed by atoms with van der Waals surface area (Å²) < 4.78 is 4.39. The van der Waals surface area contributed by atoms with E-state index in [0.717, 1.165) is 43.4 Å². The summed E-state index contributed by atoms with van der Waals surface area (Å²) in [5, 5.41) is 16.0. The lowest BCUT2D eigenvalue weighted by atomic mass is 10.2. The molecular weight excluding hydrogens is 240 g/mol. The van der Waals surface area contributed by atoms with Gasteiger partial charge >= 0.3 is 0 Å². The molecule has 0 spiro atoms. The third kappa shape index (κ3) is 2.39. The molecule has 0 saturated carbocycles. The smallest absolute Gasteiger partial charge is 0.133 e. The van der Waals surface area contributed by atoms with Crippen LogP contribution in [-0.4, -0.2) is 29.5 Å². The van der Waals surface area contributed by atoms with Gasteiger partial charge in [-0.15, -0.1) is 20.4 Å². The largest absolute Gasteiger partial charge is 0.315 e. The van der Waals surface area contributed by atoms with Crippen LogP contribution in [0.15, 0.2) is 0 Å². The molecule has 0 fully saturated rings. The standard InChI is InChI=1S/C7H11N3.C6H9N3/c1-6-8-9-7-4-2-3-5-10(6)7;1-5-7-8-6-3-2-4-9(5)6/h2-5H2,1H3;2-4H2,1H3. The van der Waals surface area contributed by atoms with Crippen molar-refractivity contribution in [1.82, 2.24) is 29.5 Å². The molecule has 2 aromatic heterocycles. The Kier molecular flexibility index (Phi) is 3.31. The summed E-state index contributed by atoms with van der Waals surface area (Å²) in [5.41, 5.74) is 0. The van der Waals surface area contributed by atoms with Crippen molar-refractivity contribution in [3.63, 3.8) is 0 Å². The molecule has 0 N–H and O–H groups in total. The van der Waals surface area contributed by atoms with Crippen LogP contribution in [0.4, 0.5) is 0 Å². The van der Waals surface area contributed by atoms with Crippen molar-refractivity contribution in [3.05, 3.63) is 23.3 Å². The number of aromatic nitrogens is 6. The Morgan fingerprint density at radius 3 is 1.79 bits per heavy atom. The first-order valence-corrected chi connectivity index (χ1v) is 7.03. The second kappa shape index (κ2) is 5.11. The summed E-state index contributed by atoms with van der Waals surface area (Å²) in [7, 11) is 0. The van der Waals surface area contributed by atoms with Gasteiger partial charge in [-0.3, -0.25) is 0 Å². The summed E-state index contributed by atoms with van der Waals surface area (Å²) >= 11 is 0. The van der Waals surface area contributed by atoms with Crippen LogP contribution in [0, 0.1) is 13.8 Å². The molecule has 2 aromatic rings. The van der Waals surface area contributed by atoms with Gasteiger partial charge in [0.15, 0.2) is 0 Å². The molecule has 6 nitrogen and oxygen atoms in total. The van der Waals surface area contributed by atoms with E-state index in [1.807, 2.05) is 13.8 Å². The van der Waals surface area contributed by atoms with Gasteiger partial charge < -0.3 is 9.13 Å². The van der Waals surface area contributed by atoms with E-state index in [2.05, 4.69) is 29.5 Å². The highest BCUT2D eigenvalue weighted by Crippen LogP contribution is 2.13. The lowest BCUT2D eigenvalue weighted by Gasteiger charge is -2.12. The molecule has 4 rings (SSSR count). The fraction of sp³-hybridized carbons (Fsp3) is 0.692. The summed E-state index contributed by atoms with van der Waals surface area (Å²) in [5.74, 6) is 4.45. The SMILES string of the molecule is Cc1nnc2n1CCC2.Cc1nnc2n1CCCC2. The van der Waals surface area contributed by atoms with Gasteiger partial charge in [-0.05, 0) is 33.1 Å². The highest BCUT2D eigenvalue weighted by atomic mass is 15.3. The minimum atomic E-state index is 1.06. The topological polar surface area (TPSA) is 61.4 Å². The molecule has 0 aliphatic carbocycles. The van der Waals surface area contributed by atoms with Crippen molar-refractivity contribution in [2.45, 2.75) is 59.0 Å². The Labute approximate surface area is 112 Å². The molecule has 0 radical (unpaired) electrons. The maximum atomic E-state index is 4.07. The molecule has 4 heterocycles. The fourth-order valence-corrected chi connectivity index (χ4v) is 2.75. The average molecular weight is 260 g/mol. The van der Waals surface area contributed by atoms with Crippen molar-refractivity contribution in [2.24, 2.45) is 0 Å². The second-order valence-electron chi connectivity index (χ2n) is 5.19. The Balaban J connectivity index is 0.000000117. The van der Waals surface area contributed by atoms with Gasteiger partial charge in [0.1, 0.15) is 23.3 Å². The second-order valence-corrected chi connectivity index (χ2v) is 5.19. The summed E-state index contributed by atoms with van der Waals surface area (Å²) in [4.78, 5) is 0. The quantitative estimate of drug-likeness (QED) is 0.719. The maximum Gasteiger partial charge on any atom is 0.133 e. The third-order valence-corrected chi connectivity index (χ3v) is 3.84. The fourth-order valence-electron chi connectivity index (χ4n) is 2.75. The van der Waals surface area contributed by atoms with E-state index in [-0.39, 0.29) is 0 Å². The van der Waals surface area contributed by atoms with Crippen molar-refractivity contribution in [1.29, 1.82) is 0 Å². The van der Waals surface area contributed by atoms with E-state index in [9.17, 15) is 0 Å². The predicted octanol–water partition coefficient (Wildman–Crippen LogP) is 1.46. The highest BCUT2D eigenvalue weighted by molar-refractivity contribution is 4.98. The van der Waals surface area contributed by atoms with E-state index in [1.54, 1.807) is 0 Å². The molecule has 19 heavy (non-hydrogen) atoms. The van der Waals surface area contributed by atoms with Crippen molar-refractivity contribution in [3.8, 4) is 0 Å². The van der Waals surface area contributed by atoms with E-state index >= 15 is 0 Å². The van der Waals surface area contributed by atoms with Gasteiger partial charge in [-0.1, -0.05) is 0 Å². The Hall–Kier alpha value is -1.72. The maximum absolute atomic E-state index is 4.07. The first-order chi connectivity index (χ1) is 9.25. The molecule has 2 aliphatic rings. The highest BCUT2D eigenvalue weighted by Gasteiger charge is 2.13. The Morgan fingerprint density at radius 1 is 0.684 bits per heavy atom. The minimum Gasteiger partial charge on any atom is -0.315 e. The molecule has 102 valence electrons. The van der Waals surface area contributed by atoms with Crippen LogP contribution < -0.4 is 0 Å². The lowest BCUT2D eigenvalue weighted by Crippen LogP contribution is -2.11. The molecule has 0 bridgehead atoms. The molecular formula is C13H20N6. The zero-order valence-corrected chi connectivity index (χ0v) is 11.6. The first kappa shape index (κ1) is 12.3. The van der Waals surface area contributed by atoms with Gasteiger partial charge in [0.25, 0.3) is 0 Å². The van der Waals surface area contributed by atoms with Gasteiger partial charge in [0.05, 0.1) is 0 Å². The monoisotopic (exact) mass is 260 g/mol. The zero-order chi connectivity index (χ0) is 13.2. The Morgan fingerprint density at radius 2 is 1.21 bits per heavy atom. The van der Waals surface area contributed by atoms with E-state index in [4.69, 9.17) is 0 Å². The number of rotatable bonds is 0. The average Bonchev–Trinajstić information content (AvgIpc) is 3.11. The van der Waals surface area contributed by atoms with Crippen LogP contribution in [0.5, 0.6) is 0 Å². The van der Waals surface area contributed by atoms with Crippen LogP contribution >= 0.6 is 0 Å².